The van der Waals surface area contributed by atoms with Gasteiger partial charge in [0.25, 0.3) is 0 Å². The Labute approximate surface area is 123 Å². The fourth-order valence-electron chi connectivity index (χ4n) is 2.77. The van der Waals surface area contributed by atoms with Crippen molar-refractivity contribution in [1.82, 2.24) is 15.1 Å². The number of anilines is 1. The van der Waals surface area contributed by atoms with Gasteiger partial charge in [-0.05, 0) is 25.0 Å². The van der Waals surface area contributed by atoms with Gasteiger partial charge in [-0.15, -0.1) is 0 Å². The van der Waals surface area contributed by atoms with E-state index >= 15 is 0 Å². The molecule has 1 aliphatic carbocycles. The van der Waals surface area contributed by atoms with Crippen molar-refractivity contribution in [3.8, 4) is 0 Å². The van der Waals surface area contributed by atoms with Gasteiger partial charge in [0.2, 0.25) is 0 Å². The van der Waals surface area contributed by atoms with Crippen LogP contribution in [0.1, 0.15) is 43.9 Å². The summed E-state index contributed by atoms with van der Waals surface area (Å²) in [5.41, 5.74) is 0. The molecule has 0 atom stereocenters. The lowest BCUT2D eigenvalue weighted by Gasteiger charge is -2.23. The van der Waals surface area contributed by atoms with Crippen LogP contribution in [0, 0.1) is 0 Å². The molecule has 1 aliphatic rings. The third-order valence-corrected chi connectivity index (χ3v) is 3.84. The van der Waals surface area contributed by atoms with Crippen molar-refractivity contribution >= 4 is 11.8 Å². The van der Waals surface area contributed by atoms with E-state index in [1.165, 1.54) is 19.3 Å². The van der Waals surface area contributed by atoms with E-state index in [-0.39, 0.29) is 6.03 Å². The molecule has 0 bridgehead atoms. The number of hydrogen-bond donors (Lipinski definition) is 2. The van der Waals surface area contributed by atoms with E-state index in [2.05, 4.69) is 15.7 Å². The number of nitrogens with one attached hydrogen (secondary N) is 2. The minimum atomic E-state index is -0.246. The maximum absolute atomic E-state index is 11.9. The summed E-state index contributed by atoms with van der Waals surface area (Å²) < 4.78 is 7.11. The normalized spacial score (nSPS) is 15.8. The van der Waals surface area contributed by atoms with Crippen molar-refractivity contribution in [2.75, 3.05) is 5.32 Å². The van der Waals surface area contributed by atoms with E-state index in [1.807, 2.05) is 16.8 Å². The van der Waals surface area contributed by atoms with Crippen molar-refractivity contribution in [3.63, 3.8) is 0 Å². The molecule has 2 aromatic heterocycles. The molecule has 0 saturated heterocycles. The van der Waals surface area contributed by atoms with Crippen molar-refractivity contribution in [1.29, 1.82) is 0 Å². The van der Waals surface area contributed by atoms with Crippen LogP contribution in [0.4, 0.5) is 10.6 Å². The van der Waals surface area contributed by atoms with Gasteiger partial charge in [-0.2, -0.15) is 5.10 Å². The second-order valence-corrected chi connectivity index (χ2v) is 5.34. The average molecular weight is 288 g/mol. The van der Waals surface area contributed by atoms with Crippen LogP contribution >= 0.6 is 0 Å². The third kappa shape index (κ3) is 3.45. The minimum absolute atomic E-state index is 0.246. The maximum atomic E-state index is 11.9. The number of carbonyl (C=O) groups is 1. The van der Waals surface area contributed by atoms with E-state index in [0.717, 1.165) is 24.4 Å². The Balaban J connectivity index is 1.57. The summed E-state index contributed by atoms with van der Waals surface area (Å²) in [7, 11) is 0. The van der Waals surface area contributed by atoms with Crippen LogP contribution in [0.2, 0.25) is 0 Å². The van der Waals surface area contributed by atoms with E-state index in [9.17, 15) is 4.79 Å². The fraction of sp³-hybridized carbons (Fsp3) is 0.467. The molecule has 21 heavy (non-hydrogen) atoms. The first-order valence-corrected chi connectivity index (χ1v) is 7.43. The first-order valence-electron chi connectivity index (χ1n) is 7.43. The van der Waals surface area contributed by atoms with Crippen LogP contribution in [0.3, 0.4) is 0 Å². The van der Waals surface area contributed by atoms with Crippen LogP contribution in [-0.2, 0) is 6.54 Å². The smallest absolute Gasteiger partial charge is 0.320 e. The highest BCUT2D eigenvalue weighted by Crippen LogP contribution is 2.29. The predicted octanol–water partition coefficient (Wildman–Crippen LogP) is 3.30. The molecule has 0 radical (unpaired) electrons. The highest BCUT2D eigenvalue weighted by molar-refractivity contribution is 5.88. The second-order valence-electron chi connectivity index (χ2n) is 5.34. The zero-order chi connectivity index (χ0) is 14.5. The summed E-state index contributed by atoms with van der Waals surface area (Å²) >= 11 is 0. The number of carbonyl (C=O) groups excluding carboxylic acids is 1. The van der Waals surface area contributed by atoms with E-state index in [1.54, 1.807) is 18.5 Å². The van der Waals surface area contributed by atoms with Crippen molar-refractivity contribution < 1.29 is 9.21 Å². The molecule has 3 rings (SSSR count). The molecule has 2 amide bonds. The lowest BCUT2D eigenvalue weighted by atomic mass is 9.96. The second kappa shape index (κ2) is 6.47. The van der Waals surface area contributed by atoms with Crippen molar-refractivity contribution in [2.45, 2.75) is 44.7 Å². The van der Waals surface area contributed by atoms with Crippen molar-refractivity contribution in [3.05, 3.63) is 36.4 Å². The summed E-state index contributed by atoms with van der Waals surface area (Å²) in [5, 5.41) is 9.99. The zero-order valence-electron chi connectivity index (χ0n) is 11.9. The SMILES string of the molecule is O=C(NCc1ccco1)Nc1ccnn1C1CCCCC1. The van der Waals surface area contributed by atoms with Gasteiger partial charge < -0.3 is 9.73 Å². The molecule has 6 heteroatoms. The number of amides is 2. The van der Waals surface area contributed by atoms with Gasteiger partial charge >= 0.3 is 6.03 Å². The summed E-state index contributed by atoms with van der Waals surface area (Å²) in [6.45, 7) is 0.371. The van der Waals surface area contributed by atoms with Crippen LogP contribution in [0.5, 0.6) is 0 Å². The standard InChI is InChI=1S/C15H20N4O2/c20-15(16-11-13-7-4-10-21-13)18-14-8-9-17-19(14)12-5-2-1-3-6-12/h4,7-10,12H,1-3,5-6,11H2,(H2,16,18,20). The minimum Gasteiger partial charge on any atom is -0.467 e. The molecular formula is C15H20N4O2. The van der Waals surface area contributed by atoms with E-state index in [0.29, 0.717) is 12.6 Å². The fourth-order valence-corrected chi connectivity index (χ4v) is 2.77. The Morgan fingerprint density at radius 2 is 2.19 bits per heavy atom. The third-order valence-electron chi connectivity index (χ3n) is 3.84. The predicted molar refractivity (Wildman–Crippen MR) is 78.9 cm³/mol. The number of furan rings is 1. The Morgan fingerprint density at radius 1 is 1.33 bits per heavy atom. The van der Waals surface area contributed by atoms with Gasteiger partial charge in [-0.3, -0.25) is 5.32 Å². The quantitative estimate of drug-likeness (QED) is 0.906. The molecule has 2 aromatic rings. The first-order chi connectivity index (χ1) is 10.3. The summed E-state index contributed by atoms with van der Waals surface area (Å²) in [6.07, 6.45) is 9.34. The molecule has 2 heterocycles. The van der Waals surface area contributed by atoms with Crippen LogP contribution in [-0.4, -0.2) is 15.8 Å². The van der Waals surface area contributed by atoms with E-state index < -0.39 is 0 Å². The largest absolute Gasteiger partial charge is 0.467 e. The monoisotopic (exact) mass is 288 g/mol. The Bertz CT molecular complexity index is 570. The maximum Gasteiger partial charge on any atom is 0.320 e. The van der Waals surface area contributed by atoms with Gasteiger partial charge in [0, 0.05) is 6.07 Å². The molecule has 112 valence electrons. The molecule has 0 aliphatic heterocycles. The average Bonchev–Trinajstić information content (AvgIpc) is 3.17. The molecular weight excluding hydrogens is 268 g/mol. The van der Waals surface area contributed by atoms with Gasteiger partial charge in [-0.1, -0.05) is 19.3 Å². The number of nitrogens with zero attached hydrogens (tertiary/aromatic N) is 2. The Morgan fingerprint density at radius 3 is 2.95 bits per heavy atom. The molecule has 0 aromatic carbocycles. The Kier molecular flexibility index (Phi) is 4.23. The summed E-state index contributed by atoms with van der Waals surface area (Å²) in [4.78, 5) is 11.9. The lowest BCUT2D eigenvalue weighted by molar-refractivity contribution is 0.250. The highest BCUT2D eigenvalue weighted by Gasteiger charge is 2.19. The number of hydrogen-bond acceptors (Lipinski definition) is 3. The molecule has 2 N–H and O–H groups in total. The van der Waals surface area contributed by atoms with Crippen LogP contribution in [0.25, 0.3) is 0 Å². The number of urea groups is 1. The molecule has 6 nitrogen and oxygen atoms in total. The molecule has 0 unspecified atom stereocenters. The van der Waals surface area contributed by atoms with Crippen LogP contribution < -0.4 is 10.6 Å². The van der Waals surface area contributed by atoms with Gasteiger partial charge in [-0.25, -0.2) is 9.48 Å². The number of rotatable bonds is 4. The van der Waals surface area contributed by atoms with E-state index in [4.69, 9.17) is 4.42 Å². The van der Waals surface area contributed by atoms with Crippen molar-refractivity contribution in [2.24, 2.45) is 0 Å². The van der Waals surface area contributed by atoms with Gasteiger partial charge in [0.05, 0.1) is 25.0 Å². The van der Waals surface area contributed by atoms with Gasteiger partial charge in [0.1, 0.15) is 11.6 Å². The molecule has 0 spiro atoms. The zero-order valence-corrected chi connectivity index (χ0v) is 11.9. The summed E-state index contributed by atoms with van der Waals surface area (Å²) in [5.74, 6) is 1.48. The van der Waals surface area contributed by atoms with Crippen LogP contribution in [0.15, 0.2) is 35.1 Å². The highest BCUT2D eigenvalue weighted by atomic mass is 16.3. The molecule has 1 saturated carbocycles. The Hall–Kier alpha value is -2.24. The van der Waals surface area contributed by atoms with Gasteiger partial charge in [0.15, 0.2) is 0 Å². The lowest BCUT2D eigenvalue weighted by Crippen LogP contribution is -2.29. The number of aromatic nitrogens is 2. The summed E-state index contributed by atoms with van der Waals surface area (Å²) in [6, 6.07) is 5.61. The topological polar surface area (TPSA) is 72.1 Å². The first kappa shape index (κ1) is 13.7. The molecule has 1 fully saturated rings.